The monoisotopic (exact) mass is 296 g/mol. The molecule has 1 saturated heterocycles. The molecule has 0 saturated carbocycles. The molecule has 92 valence electrons. The quantitative estimate of drug-likeness (QED) is 0.793. The second kappa shape index (κ2) is 5.19. The van der Waals surface area contributed by atoms with E-state index < -0.39 is 0 Å². The Kier molecular flexibility index (Phi) is 3.84. The lowest BCUT2D eigenvalue weighted by Gasteiger charge is -2.32. The summed E-state index contributed by atoms with van der Waals surface area (Å²) in [5.74, 6) is 0.138. The fourth-order valence-electron chi connectivity index (χ4n) is 1.92. The predicted octanol–water partition coefficient (Wildman–Crippen LogP) is 2.15. The van der Waals surface area contributed by atoms with Crippen molar-refractivity contribution in [2.24, 2.45) is 0 Å². The Morgan fingerprint density at radius 2 is 1.88 bits per heavy atom. The second-order valence-corrected chi connectivity index (χ2v) is 5.41. The summed E-state index contributed by atoms with van der Waals surface area (Å²) in [5.41, 5.74) is 1.92. The van der Waals surface area contributed by atoms with E-state index in [2.05, 4.69) is 27.9 Å². The van der Waals surface area contributed by atoms with Gasteiger partial charge in [0, 0.05) is 36.2 Å². The number of hydrogen-bond donors (Lipinski definition) is 0. The van der Waals surface area contributed by atoms with Gasteiger partial charge in [0.25, 0.3) is 5.91 Å². The number of likely N-dealkylation sites (N-methyl/N-ethyl adjacent to an activating group) is 1. The van der Waals surface area contributed by atoms with Crippen molar-refractivity contribution >= 4 is 21.8 Å². The van der Waals surface area contributed by atoms with Crippen LogP contribution in [0.3, 0.4) is 0 Å². The molecule has 1 aliphatic heterocycles. The first-order valence-electron chi connectivity index (χ1n) is 5.82. The van der Waals surface area contributed by atoms with E-state index in [1.165, 1.54) is 0 Å². The van der Waals surface area contributed by atoms with Gasteiger partial charge in [0.2, 0.25) is 0 Å². The summed E-state index contributed by atoms with van der Waals surface area (Å²) in [4.78, 5) is 16.4. The molecule has 0 radical (unpaired) electrons. The maximum atomic E-state index is 12.3. The minimum absolute atomic E-state index is 0.138. The molecule has 1 aromatic rings. The molecule has 0 unspecified atom stereocenters. The fraction of sp³-hybridized carbons (Fsp3) is 0.462. The lowest BCUT2D eigenvalue weighted by atomic mass is 10.1. The number of carbonyl (C=O) groups excluding carboxylic acids is 1. The lowest BCUT2D eigenvalue weighted by molar-refractivity contribution is 0.0664. The minimum atomic E-state index is 0.138. The molecule has 1 heterocycles. The Balaban J connectivity index is 2.11. The van der Waals surface area contributed by atoms with Crippen molar-refractivity contribution in [3.8, 4) is 0 Å². The highest BCUT2D eigenvalue weighted by Crippen LogP contribution is 2.19. The molecule has 1 fully saturated rings. The van der Waals surface area contributed by atoms with E-state index in [1.807, 2.05) is 30.0 Å². The van der Waals surface area contributed by atoms with Gasteiger partial charge in [-0.15, -0.1) is 0 Å². The fourth-order valence-corrected chi connectivity index (χ4v) is 2.30. The summed E-state index contributed by atoms with van der Waals surface area (Å²) in [6.07, 6.45) is 0. The summed E-state index contributed by atoms with van der Waals surface area (Å²) >= 11 is 3.47. The van der Waals surface area contributed by atoms with Gasteiger partial charge in [-0.1, -0.05) is 22.0 Å². The zero-order valence-electron chi connectivity index (χ0n) is 10.2. The van der Waals surface area contributed by atoms with Crippen molar-refractivity contribution in [2.75, 3.05) is 33.2 Å². The van der Waals surface area contributed by atoms with Crippen LogP contribution in [-0.4, -0.2) is 48.9 Å². The van der Waals surface area contributed by atoms with Crippen molar-refractivity contribution in [2.45, 2.75) is 6.92 Å². The van der Waals surface area contributed by atoms with Crippen molar-refractivity contribution in [3.05, 3.63) is 33.8 Å². The third-order valence-corrected chi connectivity index (χ3v) is 4.06. The molecule has 2 rings (SSSR count). The van der Waals surface area contributed by atoms with E-state index in [1.54, 1.807) is 0 Å². The first-order chi connectivity index (χ1) is 8.08. The number of amides is 1. The van der Waals surface area contributed by atoms with Crippen molar-refractivity contribution in [1.82, 2.24) is 9.80 Å². The topological polar surface area (TPSA) is 23.6 Å². The Morgan fingerprint density at radius 1 is 1.24 bits per heavy atom. The molecule has 3 nitrogen and oxygen atoms in total. The molecule has 4 heteroatoms. The van der Waals surface area contributed by atoms with Gasteiger partial charge >= 0.3 is 0 Å². The van der Waals surface area contributed by atoms with Gasteiger partial charge in [-0.2, -0.15) is 0 Å². The minimum Gasteiger partial charge on any atom is -0.336 e. The highest BCUT2D eigenvalue weighted by Gasteiger charge is 2.20. The Bertz CT molecular complexity index is 425. The van der Waals surface area contributed by atoms with E-state index in [4.69, 9.17) is 0 Å². The number of rotatable bonds is 1. The zero-order valence-corrected chi connectivity index (χ0v) is 11.8. The summed E-state index contributed by atoms with van der Waals surface area (Å²) in [7, 11) is 2.09. The predicted molar refractivity (Wildman–Crippen MR) is 72.3 cm³/mol. The van der Waals surface area contributed by atoms with E-state index in [9.17, 15) is 4.79 Å². The third-order valence-electron chi connectivity index (χ3n) is 3.21. The highest BCUT2D eigenvalue weighted by atomic mass is 79.9. The molecule has 0 aliphatic carbocycles. The standard InChI is InChI=1S/C13H17BrN2O/c1-10-3-4-11(9-12(10)14)13(17)16-7-5-15(2)6-8-16/h3-4,9H,5-8H2,1-2H3. The van der Waals surface area contributed by atoms with Crippen LogP contribution in [0.5, 0.6) is 0 Å². The molecule has 1 amide bonds. The van der Waals surface area contributed by atoms with Crippen LogP contribution in [-0.2, 0) is 0 Å². The largest absolute Gasteiger partial charge is 0.336 e. The van der Waals surface area contributed by atoms with Crippen molar-refractivity contribution in [3.63, 3.8) is 0 Å². The van der Waals surface area contributed by atoms with E-state index in [0.29, 0.717) is 0 Å². The highest BCUT2D eigenvalue weighted by molar-refractivity contribution is 9.10. The third kappa shape index (κ3) is 2.87. The summed E-state index contributed by atoms with van der Waals surface area (Å²) in [5, 5.41) is 0. The number of hydrogen-bond acceptors (Lipinski definition) is 2. The number of carbonyl (C=O) groups is 1. The number of benzene rings is 1. The first-order valence-corrected chi connectivity index (χ1v) is 6.61. The normalized spacial score (nSPS) is 17.2. The van der Waals surface area contributed by atoms with Gasteiger partial charge in [-0.25, -0.2) is 0 Å². The smallest absolute Gasteiger partial charge is 0.253 e. The van der Waals surface area contributed by atoms with Gasteiger partial charge in [-0.3, -0.25) is 4.79 Å². The van der Waals surface area contributed by atoms with Crippen LogP contribution in [0.1, 0.15) is 15.9 Å². The molecule has 1 aromatic carbocycles. The van der Waals surface area contributed by atoms with E-state index >= 15 is 0 Å². The second-order valence-electron chi connectivity index (χ2n) is 4.56. The van der Waals surface area contributed by atoms with E-state index in [-0.39, 0.29) is 5.91 Å². The van der Waals surface area contributed by atoms with Gasteiger partial charge in [-0.05, 0) is 31.7 Å². The maximum Gasteiger partial charge on any atom is 0.253 e. The van der Waals surface area contributed by atoms with Crippen LogP contribution in [0.2, 0.25) is 0 Å². The maximum absolute atomic E-state index is 12.3. The molecule has 1 aliphatic rings. The number of piperazine rings is 1. The average Bonchev–Trinajstić information content (AvgIpc) is 2.33. The number of nitrogens with zero attached hydrogens (tertiary/aromatic N) is 2. The van der Waals surface area contributed by atoms with Gasteiger partial charge < -0.3 is 9.80 Å². The van der Waals surface area contributed by atoms with Gasteiger partial charge in [0.05, 0.1) is 0 Å². The molecular formula is C13H17BrN2O. The molecule has 0 N–H and O–H groups in total. The van der Waals surface area contributed by atoms with Gasteiger partial charge in [0.1, 0.15) is 0 Å². The van der Waals surface area contributed by atoms with Crippen LogP contribution in [0.15, 0.2) is 22.7 Å². The molecule has 17 heavy (non-hydrogen) atoms. The molecule has 0 aromatic heterocycles. The Morgan fingerprint density at radius 3 is 2.47 bits per heavy atom. The first kappa shape index (κ1) is 12.6. The van der Waals surface area contributed by atoms with Crippen LogP contribution >= 0.6 is 15.9 Å². The van der Waals surface area contributed by atoms with Crippen LogP contribution in [0.4, 0.5) is 0 Å². The van der Waals surface area contributed by atoms with Crippen molar-refractivity contribution in [1.29, 1.82) is 0 Å². The molecule has 0 bridgehead atoms. The Labute approximate surface area is 111 Å². The van der Waals surface area contributed by atoms with Gasteiger partial charge in [0.15, 0.2) is 0 Å². The van der Waals surface area contributed by atoms with Crippen LogP contribution in [0, 0.1) is 6.92 Å². The number of halogens is 1. The number of aryl methyl sites for hydroxylation is 1. The van der Waals surface area contributed by atoms with Crippen LogP contribution < -0.4 is 0 Å². The lowest BCUT2D eigenvalue weighted by Crippen LogP contribution is -2.47. The summed E-state index contributed by atoms with van der Waals surface area (Å²) in [6.45, 7) is 5.58. The average molecular weight is 297 g/mol. The zero-order chi connectivity index (χ0) is 12.4. The Hall–Kier alpha value is -0.870. The van der Waals surface area contributed by atoms with Crippen molar-refractivity contribution < 1.29 is 4.79 Å². The SMILES string of the molecule is Cc1ccc(C(=O)N2CCN(C)CC2)cc1Br. The van der Waals surface area contributed by atoms with Crippen LogP contribution in [0.25, 0.3) is 0 Å². The molecule has 0 spiro atoms. The van der Waals surface area contributed by atoms with E-state index in [0.717, 1.165) is 41.8 Å². The molecular weight excluding hydrogens is 280 g/mol. The summed E-state index contributed by atoms with van der Waals surface area (Å²) < 4.78 is 0.998. The summed E-state index contributed by atoms with van der Waals surface area (Å²) in [6, 6.07) is 5.80. The molecule has 0 atom stereocenters.